The molecular formula is C13H10N4. The average Bonchev–Trinajstić information content (AvgIpc) is 2.94. The molecule has 0 saturated carbocycles. The van der Waals surface area contributed by atoms with Crippen LogP contribution in [-0.4, -0.2) is 19.5 Å². The molecule has 4 nitrogen and oxygen atoms in total. The molecule has 0 aliphatic rings. The Bertz CT molecular complexity index is 602. The van der Waals surface area contributed by atoms with Gasteiger partial charge in [-0.1, -0.05) is 6.07 Å². The molecule has 0 bridgehead atoms. The van der Waals surface area contributed by atoms with Crippen molar-refractivity contribution in [2.24, 2.45) is 0 Å². The Labute approximate surface area is 98.6 Å². The van der Waals surface area contributed by atoms with Crippen molar-refractivity contribution in [2.75, 3.05) is 0 Å². The fraction of sp³-hybridized carbons (Fsp3) is 0. The number of aromatic nitrogens is 4. The Morgan fingerprint density at radius 3 is 2.59 bits per heavy atom. The molecule has 0 aromatic carbocycles. The zero-order valence-electron chi connectivity index (χ0n) is 9.06. The van der Waals surface area contributed by atoms with E-state index in [1.807, 2.05) is 41.1 Å². The number of imidazole rings is 1. The van der Waals surface area contributed by atoms with Gasteiger partial charge in [-0.25, -0.2) is 4.98 Å². The van der Waals surface area contributed by atoms with Crippen LogP contribution in [-0.2, 0) is 0 Å². The van der Waals surface area contributed by atoms with Crippen LogP contribution in [0, 0.1) is 0 Å². The predicted molar refractivity (Wildman–Crippen MR) is 64.6 cm³/mol. The molecule has 3 aromatic heterocycles. The largest absolute Gasteiger partial charge is 0.306 e. The Balaban J connectivity index is 2.06. The standard InChI is InChI=1S/C13H10N4/c1-2-5-15-12(3-1)13-9-11(4-6-16-13)17-8-7-14-10-17/h1-10H. The lowest BCUT2D eigenvalue weighted by Gasteiger charge is -2.04. The lowest BCUT2D eigenvalue weighted by molar-refractivity contribution is 1.05. The summed E-state index contributed by atoms with van der Waals surface area (Å²) in [6.45, 7) is 0. The van der Waals surface area contributed by atoms with E-state index in [9.17, 15) is 0 Å². The van der Waals surface area contributed by atoms with E-state index in [0.717, 1.165) is 17.1 Å². The molecular weight excluding hydrogens is 212 g/mol. The molecule has 0 spiro atoms. The first-order chi connectivity index (χ1) is 8.43. The van der Waals surface area contributed by atoms with Crippen molar-refractivity contribution in [1.29, 1.82) is 0 Å². The Hall–Kier alpha value is -2.49. The highest BCUT2D eigenvalue weighted by molar-refractivity contribution is 5.56. The van der Waals surface area contributed by atoms with Gasteiger partial charge in [0, 0.05) is 24.8 Å². The van der Waals surface area contributed by atoms with Crippen LogP contribution in [0.5, 0.6) is 0 Å². The molecule has 17 heavy (non-hydrogen) atoms. The fourth-order valence-corrected chi connectivity index (χ4v) is 1.65. The second-order valence-electron chi connectivity index (χ2n) is 3.58. The van der Waals surface area contributed by atoms with Crippen LogP contribution in [0.4, 0.5) is 0 Å². The number of hydrogen-bond acceptors (Lipinski definition) is 3. The van der Waals surface area contributed by atoms with Crippen molar-refractivity contribution >= 4 is 0 Å². The van der Waals surface area contributed by atoms with Gasteiger partial charge in [-0.3, -0.25) is 9.97 Å². The zero-order chi connectivity index (χ0) is 11.5. The highest BCUT2D eigenvalue weighted by Crippen LogP contribution is 2.16. The second kappa shape index (κ2) is 4.17. The van der Waals surface area contributed by atoms with Crippen LogP contribution in [0.1, 0.15) is 0 Å². The van der Waals surface area contributed by atoms with Gasteiger partial charge < -0.3 is 4.57 Å². The van der Waals surface area contributed by atoms with Gasteiger partial charge in [0.2, 0.25) is 0 Å². The van der Waals surface area contributed by atoms with E-state index in [2.05, 4.69) is 15.0 Å². The normalized spacial score (nSPS) is 10.4. The molecule has 3 heterocycles. The highest BCUT2D eigenvalue weighted by Gasteiger charge is 2.02. The number of pyridine rings is 2. The van der Waals surface area contributed by atoms with Crippen LogP contribution in [0.25, 0.3) is 17.1 Å². The first-order valence-electron chi connectivity index (χ1n) is 5.29. The summed E-state index contributed by atoms with van der Waals surface area (Å²) in [5.74, 6) is 0. The topological polar surface area (TPSA) is 43.6 Å². The lowest BCUT2D eigenvalue weighted by Crippen LogP contribution is -1.93. The van der Waals surface area contributed by atoms with Gasteiger partial charge in [-0.15, -0.1) is 0 Å². The molecule has 0 aliphatic carbocycles. The third-order valence-corrected chi connectivity index (χ3v) is 2.47. The van der Waals surface area contributed by atoms with Crippen molar-refractivity contribution in [1.82, 2.24) is 19.5 Å². The van der Waals surface area contributed by atoms with E-state index in [0.29, 0.717) is 0 Å². The van der Waals surface area contributed by atoms with Crippen LogP contribution in [0.15, 0.2) is 61.4 Å². The Kier molecular flexibility index (Phi) is 2.38. The first-order valence-corrected chi connectivity index (χ1v) is 5.29. The van der Waals surface area contributed by atoms with E-state index in [-0.39, 0.29) is 0 Å². The number of nitrogens with zero attached hydrogens (tertiary/aromatic N) is 4. The molecule has 3 rings (SSSR count). The maximum atomic E-state index is 4.32. The summed E-state index contributed by atoms with van der Waals surface area (Å²) in [6, 6.07) is 9.72. The highest BCUT2D eigenvalue weighted by atomic mass is 15.0. The van der Waals surface area contributed by atoms with Gasteiger partial charge in [-0.2, -0.15) is 0 Å². The third kappa shape index (κ3) is 1.92. The molecule has 0 unspecified atom stereocenters. The van der Waals surface area contributed by atoms with Crippen molar-refractivity contribution in [3.05, 3.63) is 61.4 Å². The SMILES string of the molecule is c1ccc(-c2cc(-n3ccnc3)ccn2)nc1. The molecule has 3 aromatic rings. The summed E-state index contributed by atoms with van der Waals surface area (Å²) in [6.07, 6.45) is 8.95. The van der Waals surface area contributed by atoms with Crippen LogP contribution in [0.2, 0.25) is 0 Å². The maximum absolute atomic E-state index is 4.32. The summed E-state index contributed by atoms with van der Waals surface area (Å²) >= 11 is 0. The van der Waals surface area contributed by atoms with E-state index < -0.39 is 0 Å². The van der Waals surface area contributed by atoms with Crippen LogP contribution < -0.4 is 0 Å². The number of rotatable bonds is 2. The maximum Gasteiger partial charge on any atom is 0.0991 e. The summed E-state index contributed by atoms with van der Waals surface area (Å²) in [5, 5.41) is 0. The Morgan fingerprint density at radius 2 is 1.82 bits per heavy atom. The first kappa shape index (κ1) is 9.72. The molecule has 0 aliphatic heterocycles. The Morgan fingerprint density at radius 1 is 0.882 bits per heavy atom. The summed E-state index contributed by atoms with van der Waals surface area (Å²) in [7, 11) is 0. The van der Waals surface area contributed by atoms with Crippen molar-refractivity contribution in [3.63, 3.8) is 0 Å². The molecule has 0 amide bonds. The van der Waals surface area contributed by atoms with E-state index >= 15 is 0 Å². The minimum absolute atomic E-state index is 0.858. The molecule has 0 fully saturated rings. The monoisotopic (exact) mass is 222 g/mol. The molecule has 0 atom stereocenters. The van der Waals surface area contributed by atoms with E-state index in [1.54, 1.807) is 24.9 Å². The minimum atomic E-state index is 0.858. The summed E-state index contributed by atoms with van der Waals surface area (Å²) in [5.41, 5.74) is 2.75. The smallest absolute Gasteiger partial charge is 0.0991 e. The average molecular weight is 222 g/mol. The van der Waals surface area contributed by atoms with Gasteiger partial charge in [0.15, 0.2) is 0 Å². The molecule has 82 valence electrons. The minimum Gasteiger partial charge on any atom is -0.306 e. The van der Waals surface area contributed by atoms with Crippen LogP contribution >= 0.6 is 0 Å². The zero-order valence-corrected chi connectivity index (χ0v) is 9.06. The predicted octanol–water partition coefficient (Wildman–Crippen LogP) is 2.33. The second-order valence-corrected chi connectivity index (χ2v) is 3.58. The van der Waals surface area contributed by atoms with Crippen molar-refractivity contribution < 1.29 is 0 Å². The van der Waals surface area contributed by atoms with Gasteiger partial charge in [0.05, 0.1) is 23.4 Å². The van der Waals surface area contributed by atoms with Gasteiger partial charge in [0.1, 0.15) is 0 Å². The molecule has 4 heteroatoms. The summed E-state index contributed by atoms with van der Waals surface area (Å²) in [4.78, 5) is 12.6. The fourth-order valence-electron chi connectivity index (χ4n) is 1.65. The van der Waals surface area contributed by atoms with Gasteiger partial charge >= 0.3 is 0 Å². The molecule has 0 N–H and O–H groups in total. The van der Waals surface area contributed by atoms with Crippen molar-refractivity contribution in [2.45, 2.75) is 0 Å². The third-order valence-electron chi connectivity index (χ3n) is 2.47. The number of hydrogen-bond donors (Lipinski definition) is 0. The quantitative estimate of drug-likeness (QED) is 0.668. The van der Waals surface area contributed by atoms with Gasteiger partial charge in [-0.05, 0) is 24.3 Å². The van der Waals surface area contributed by atoms with Crippen molar-refractivity contribution in [3.8, 4) is 17.1 Å². The van der Waals surface area contributed by atoms with E-state index in [1.165, 1.54) is 0 Å². The molecule has 0 saturated heterocycles. The van der Waals surface area contributed by atoms with Gasteiger partial charge in [0.25, 0.3) is 0 Å². The van der Waals surface area contributed by atoms with Crippen LogP contribution in [0.3, 0.4) is 0 Å². The molecule has 0 radical (unpaired) electrons. The van der Waals surface area contributed by atoms with E-state index in [4.69, 9.17) is 0 Å². The lowest BCUT2D eigenvalue weighted by atomic mass is 10.2. The summed E-state index contributed by atoms with van der Waals surface area (Å²) < 4.78 is 1.94.